The molecule has 1 saturated carbocycles. The number of hydrogen-bond donors (Lipinski definition) is 3. The Balaban J connectivity index is 1.42. The molecule has 0 spiro atoms. The van der Waals surface area contributed by atoms with Gasteiger partial charge in [-0.3, -0.25) is 0 Å². The molecule has 0 unspecified atom stereocenters. The van der Waals surface area contributed by atoms with Gasteiger partial charge in [-0.15, -0.1) is 11.8 Å². The van der Waals surface area contributed by atoms with E-state index in [1.54, 1.807) is 0 Å². The Hall–Kier alpha value is -3.39. The van der Waals surface area contributed by atoms with E-state index in [1.807, 2.05) is 69.3 Å². The summed E-state index contributed by atoms with van der Waals surface area (Å²) in [6.45, 7) is 3.88. The summed E-state index contributed by atoms with van der Waals surface area (Å²) in [5.74, 6) is 2.08. The summed E-state index contributed by atoms with van der Waals surface area (Å²) in [5, 5.41) is 6.85. The van der Waals surface area contributed by atoms with Crippen molar-refractivity contribution in [3.63, 3.8) is 0 Å². The number of carbonyl (C=O) groups is 1. The highest BCUT2D eigenvalue weighted by Gasteiger charge is 2.27. The first kappa shape index (κ1) is 24.3. The average molecular weight is 503 g/mol. The highest BCUT2D eigenvalue weighted by molar-refractivity contribution is 7.99. The molecule has 4 aromatic rings. The van der Waals surface area contributed by atoms with Crippen molar-refractivity contribution in [3.05, 3.63) is 60.7 Å². The lowest BCUT2D eigenvalue weighted by atomic mass is 9.92. The number of aryl methyl sites for hydroxylation is 2. The number of rotatable bonds is 8. The number of carbonyl (C=O) groups excluding carboxylic acids is 1. The molecule has 2 aromatic heterocycles. The van der Waals surface area contributed by atoms with E-state index in [9.17, 15) is 4.79 Å². The van der Waals surface area contributed by atoms with Crippen LogP contribution in [0.1, 0.15) is 45.0 Å². The predicted molar refractivity (Wildman–Crippen MR) is 150 cm³/mol. The first-order chi connectivity index (χ1) is 17.4. The largest absolute Gasteiger partial charge is 0.396 e. The number of hydrogen-bond acceptors (Lipinski definition) is 4. The van der Waals surface area contributed by atoms with Crippen molar-refractivity contribution in [2.45, 2.75) is 56.5 Å². The molecular formula is C28H34N6OS. The van der Waals surface area contributed by atoms with E-state index in [2.05, 4.69) is 43.0 Å². The third-order valence-electron chi connectivity index (χ3n) is 6.81. The first-order valence-electron chi connectivity index (χ1n) is 12.6. The monoisotopic (exact) mass is 502 g/mol. The Kier molecular flexibility index (Phi) is 6.96. The van der Waals surface area contributed by atoms with Crippen LogP contribution in [0.2, 0.25) is 0 Å². The molecule has 1 aliphatic carbocycles. The zero-order chi connectivity index (χ0) is 25.2. The van der Waals surface area contributed by atoms with E-state index < -0.39 is 0 Å². The number of nitrogens with two attached hydrogens (primary N) is 1. The second-order valence-electron chi connectivity index (χ2n) is 9.78. The maximum atomic E-state index is 12.1. The van der Waals surface area contributed by atoms with E-state index in [0.29, 0.717) is 6.04 Å². The van der Waals surface area contributed by atoms with Crippen LogP contribution in [0.3, 0.4) is 0 Å². The Morgan fingerprint density at radius 3 is 2.61 bits per heavy atom. The Labute approximate surface area is 216 Å². The van der Waals surface area contributed by atoms with Gasteiger partial charge in [0.2, 0.25) is 0 Å². The molecule has 2 amide bonds. The molecule has 2 aromatic carbocycles. The molecule has 2 heterocycles. The molecule has 1 aliphatic rings. The van der Waals surface area contributed by atoms with Gasteiger partial charge >= 0.3 is 6.03 Å². The van der Waals surface area contributed by atoms with E-state index in [4.69, 9.17) is 5.73 Å². The quantitative estimate of drug-likeness (QED) is 0.250. The minimum atomic E-state index is -0.200. The molecule has 4 N–H and O–H groups in total. The summed E-state index contributed by atoms with van der Waals surface area (Å²) in [7, 11) is 2.04. The average Bonchev–Trinajstić information content (AvgIpc) is 3.33. The molecule has 0 bridgehead atoms. The Morgan fingerprint density at radius 1 is 1.19 bits per heavy atom. The number of nitrogen functional groups attached to an aromatic ring is 1. The summed E-state index contributed by atoms with van der Waals surface area (Å²) in [6, 6.07) is 15.0. The maximum Gasteiger partial charge on any atom is 0.319 e. The van der Waals surface area contributed by atoms with Crippen LogP contribution in [0.25, 0.3) is 22.2 Å². The minimum absolute atomic E-state index is 0.0834. The normalized spacial score (nSPS) is 13.8. The molecule has 5 rings (SSSR count). The molecule has 0 radical (unpaired) electrons. The van der Waals surface area contributed by atoms with Crippen molar-refractivity contribution in [1.29, 1.82) is 0 Å². The van der Waals surface area contributed by atoms with Crippen LogP contribution >= 0.6 is 11.8 Å². The second kappa shape index (κ2) is 10.3. The SMILES string of the molecule is CC(C)NC(=O)Nc1ccc(-c2c(N)c3ccc(SCCc4nccn4C)cc3n2C2CCC2)cc1. The summed E-state index contributed by atoms with van der Waals surface area (Å²) in [5.41, 5.74) is 11.7. The first-order valence-corrected chi connectivity index (χ1v) is 13.6. The summed E-state index contributed by atoms with van der Waals surface area (Å²) < 4.78 is 4.53. The number of benzene rings is 2. The molecular weight excluding hydrogens is 468 g/mol. The number of nitrogens with one attached hydrogen (secondary N) is 2. The number of nitrogens with zero attached hydrogens (tertiary/aromatic N) is 3. The molecule has 8 heteroatoms. The van der Waals surface area contributed by atoms with Crippen LogP contribution in [0, 0.1) is 0 Å². The maximum absolute atomic E-state index is 12.1. The van der Waals surface area contributed by atoms with Crippen LogP contribution in [0.4, 0.5) is 16.2 Å². The molecule has 36 heavy (non-hydrogen) atoms. The lowest BCUT2D eigenvalue weighted by molar-refractivity contribution is 0.250. The molecule has 0 saturated heterocycles. The number of anilines is 2. The van der Waals surface area contributed by atoms with Gasteiger partial charge in [-0.2, -0.15) is 0 Å². The van der Waals surface area contributed by atoms with E-state index >= 15 is 0 Å². The number of aromatic nitrogens is 3. The standard InChI is InChI=1S/C28H34N6OS/c1-18(2)31-28(35)32-20-9-7-19(8-10-20)27-26(29)23-12-11-22(17-24(23)34(27)21-5-4-6-21)36-16-13-25-30-14-15-33(25)3/h7-12,14-15,17-18,21H,4-6,13,16,29H2,1-3H3,(H2,31,32,35). The van der Waals surface area contributed by atoms with Gasteiger partial charge in [-0.05, 0) is 63.4 Å². The fourth-order valence-corrected chi connectivity index (χ4v) is 5.64. The number of amides is 2. The molecule has 7 nitrogen and oxygen atoms in total. The molecule has 1 fully saturated rings. The van der Waals surface area contributed by atoms with Gasteiger partial charge in [-0.1, -0.05) is 12.1 Å². The van der Waals surface area contributed by atoms with Gasteiger partial charge in [0.25, 0.3) is 0 Å². The molecule has 0 aliphatic heterocycles. The van der Waals surface area contributed by atoms with Crippen LogP contribution in [0.15, 0.2) is 59.8 Å². The van der Waals surface area contributed by atoms with Crippen molar-refractivity contribution >= 4 is 40.1 Å². The van der Waals surface area contributed by atoms with Gasteiger partial charge in [0.05, 0.1) is 16.9 Å². The smallest absolute Gasteiger partial charge is 0.319 e. The van der Waals surface area contributed by atoms with Gasteiger partial charge in [-0.25, -0.2) is 9.78 Å². The molecule has 0 atom stereocenters. The van der Waals surface area contributed by atoms with Crippen molar-refractivity contribution in [1.82, 2.24) is 19.4 Å². The van der Waals surface area contributed by atoms with Gasteiger partial charge in [0.1, 0.15) is 5.82 Å². The van der Waals surface area contributed by atoms with E-state index in [0.717, 1.165) is 46.0 Å². The lowest BCUT2D eigenvalue weighted by Gasteiger charge is -2.30. The predicted octanol–water partition coefficient (Wildman–Crippen LogP) is 6.21. The minimum Gasteiger partial charge on any atom is -0.396 e. The van der Waals surface area contributed by atoms with Crippen LogP contribution < -0.4 is 16.4 Å². The Morgan fingerprint density at radius 2 is 1.97 bits per heavy atom. The zero-order valence-electron chi connectivity index (χ0n) is 21.1. The fraction of sp³-hybridized carbons (Fsp3) is 0.357. The topological polar surface area (TPSA) is 89.9 Å². The van der Waals surface area contributed by atoms with Gasteiger partial charge in [0, 0.05) is 65.2 Å². The highest BCUT2D eigenvalue weighted by atomic mass is 32.2. The molecule has 188 valence electrons. The summed E-state index contributed by atoms with van der Waals surface area (Å²) in [4.78, 5) is 17.8. The Bertz CT molecular complexity index is 1370. The van der Waals surface area contributed by atoms with Gasteiger partial charge < -0.3 is 25.5 Å². The van der Waals surface area contributed by atoms with Crippen LogP contribution in [-0.4, -0.2) is 31.9 Å². The van der Waals surface area contributed by atoms with Crippen LogP contribution in [-0.2, 0) is 13.5 Å². The van der Waals surface area contributed by atoms with E-state index in [-0.39, 0.29) is 12.1 Å². The summed E-state index contributed by atoms with van der Waals surface area (Å²) in [6.07, 6.45) is 8.35. The van der Waals surface area contributed by atoms with Crippen molar-refractivity contribution in [2.75, 3.05) is 16.8 Å². The fourth-order valence-electron chi connectivity index (χ4n) is 4.76. The third kappa shape index (κ3) is 4.95. The third-order valence-corrected chi connectivity index (χ3v) is 7.80. The second-order valence-corrected chi connectivity index (χ2v) is 10.9. The van der Waals surface area contributed by atoms with Crippen molar-refractivity contribution in [3.8, 4) is 11.3 Å². The van der Waals surface area contributed by atoms with E-state index in [1.165, 1.54) is 29.7 Å². The van der Waals surface area contributed by atoms with Crippen LogP contribution in [0.5, 0.6) is 0 Å². The van der Waals surface area contributed by atoms with Crippen molar-refractivity contribution in [2.24, 2.45) is 7.05 Å². The number of fused-ring (bicyclic) bond motifs is 1. The van der Waals surface area contributed by atoms with Gasteiger partial charge in [0.15, 0.2) is 0 Å². The van der Waals surface area contributed by atoms with Crippen molar-refractivity contribution < 1.29 is 4.79 Å². The highest BCUT2D eigenvalue weighted by Crippen LogP contribution is 2.45. The zero-order valence-corrected chi connectivity index (χ0v) is 21.9. The number of thioether (sulfide) groups is 1. The summed E-state index contributed by atoms with van der Waals surface area (Å²) >= 11 is 1.86. The number of imidazole rings is 1. The lowest BCUT2D eigenvalue weighted by Crippen LogP contribution is -2.34. The number of urea groups is 1.